The Bertz CT molecular complexity index is 544. The number of aliphatic imine (C=N–C) groups is 1. The molecule has 0 saturated carbocycles. The van der Waals surface area contributed by atoms with E-state index in [4.69, 9.17) is 23.2 Å². The molecule has 0 atom stereocenters. The van der Waals surface area contributed by atoms with Gasteiger partial charge in [0.2, 0.25) is 0 Å². The number of rotatable bonds is 0. The predicted octanol–water partition coefficient (Wildman–Crippen LogP) is 3.92. The number of fused-ring (bicyclic) bond motifs is 2. The van der Waals surface area contributed by atoms with Gasteiger partial charge in [-0.25, -0.2) is 4.99 Å². The van der Waals surface area contributed by atoms with E-state index in [9.17, 15) is 0 Å². The van der Waals surface area contributed by atoms with Crippen LogP contribution in [-0.2, 0) is 6.54 Å². The van der Waals surface area contributed by atoms with Crippen molar-refractivity contribution in [3.8, 4) is 0 Å². The topological polar surface area (TPSA) is 15.6 Å². The number of amidine groups is 1. The van der Waals surface area contributed by atoms with E-state index in [1.54, 1.807) is 0 Å². The maximum absolute atomic E-state index is 6.14. The molecule has 2 aliphatic heterocycles. The maximum atomic E-state index is 6.14. The van der Waals surface area contributed by atoms with Crippen molar-refractivity contribution in [3.05, 3.63) is 52.2 Å². The van der Waals surface area contributed by atoms with Gasteiger partial charge in [0.1, 0.15) is 5.84 Å². The van der Waals surface area contributed by atoms with E-state index >= 15 is 0 Å². The summed E-state index contributed by atoms with van der Waals surface area (Å²) in [6.45, 7) is 0.784. The number of allylic oxidation sites excluding steroid dienone is 2. The molecule has 3 rings (SSSR count). The summed E-state index contributed by atoms with van der Waals surface area (Å²) in [5.41, 5.74) is 1.89. The zero-order chi connectivity index (χ0) is 11.1. The van der Waals surface area contributed by atoms with Crippen molar-refractivity contribution in [2.75, 3.05) is 0 Å². The minimum Gasteiger partial charge on any atom is -0.329 e. The summed E-state index contributed by atoms with van der Waals surface area (Å²) in [6.07, 6.45) is 7.91. The van der Waals surface area contributed by atoms with Crippen molar-refractivity contribution >= 4 is 34.7 Å². The zero-order valence-corrected chi connectivity index (χ0v) is 9.83. The Labute approximate surface area is 103 Å². The highest BCUT2D eigenvalue weighted by Gasteiger charge is 2.20. The van der Waals surface area contributed by atoms with Crippen LogP contribution in [0.25, 0.3) is 0 Å². The Morgan fingerprint density at radius 3 is 2.94 bits per heavy atom. The van der Waals surface area contributed by atoms with Crippen LogP contribution in [0.1, 0.15) is 5.56 Å². The van der Waals surface area contributed by atoms with Gasteiger partial charge in [0.05, 0.1) is 22.3 Å². The molecule has 2 heterocycles. The van der Waals surface area contributed by atoms with Crippen LogP contribution >= 0.6 is 23.2 Å². The van der Waals surface area contributed by atoms with E-state index in [1.807, 2.05) is 36.6 Å². The first-order valence-electron chi connectivity index (χ1n) is 4.93. The van der Waals surface area contributed by atoms with Crippen LogP contribution in [0, 0.1) is 0 Å². The van der Waals surface area contributed by atoms with Gasteiger partial charge < -0.3 is 4.90 Å². The molecule has 0 bridgehead atoms. The molecule has 0 spiro atoms. The number of nitrogens with zero attached hydrogens (tertiary/aromatic N) is 2. The van der Waals surface area contributed by atoms with Gasteiger partial charge in [-0.05, 0) is 23.8 Å². The van der Waals surface area contributed by atoms with E-state index < -0.39 is 0 Å². The van der Waals surface area contributed by atoms with E-state index in [0.29, 0.717) is 10.0 Å². The largest absolute Gasteiger partial charge is 0.329 e. The molecule has 4 heteroatoms. The van der Waals surface area contributed by atoms with Crippen LogP contribution in [0.2, 0.25) is 10.0 Å². The minimum atomic E-state index is 0.536. The van der Waals surface area contributed by atoms with Crippen molar-refractivity contribution in [3.63, 3.8) is 0 Å². The van der Waals surface area contributed by atoms with E-state index in [0.717, 1.165) is 23.6 Å². The van der Waals surface area contributed by atoms with Gasteiger partial charge in [-0.1, -0.05) is 35.3 Å². The van der Waals surface area contributed by atoms with Gasteiger partial charge in [0, 0.05) is 6.20 Å². The first kappa shape index (κ1) is 9.94. The second kappa shape index (κ2) is 3.65. The summed E-state index contributed by atoms with van der Waals surface area (Å²) in [4.78, 5) is 6.59. The van der Waals surface area contributed by atoms with E-state index in [1.165, 1.54) is 0 Å². The number of halogens is 2. The minimum absolute atomic E-state index is 0.536. The highest BCUT2D eigenvalue weighted by atomic mass is 35.5. The molecule has 0 amide bonds. The SMILES string of the molecule is Clc1ccc2c(c1Cl)N=C1C=CC=CN1C2. The fourth-order valence-electron chi connectivity index (χ4n) is 1.83. The third kappa shape index (κ3) is 1.46. The quantitative estimate of drug-likeness (QED) is 0.682. The summed E-state index contributed by atoms with van der Waals surface area (Å²) < 4.78 is 0. The van der Waals surface area contributed by atoms with Crippen LogP contribution in [0.3, 0.4) is 0 Å². The molecule has 16 heavy (non-hydrogen) atoms. The van der Waals surface area contributed by atoms with Gasteiger partial charge >= 0.3 is 0 Å². The van der Waals surface area contributed by atoms with Gasteiger partial charge in [-0.2, -0.15) is 0 Å². The summed E-state index contributed by atoms with van der Waals surface area (Å²) in [6, 6.07) is 3.78. The monoisotopic (exact) mass is 250 g/mol. The maximum Gasteiger partial charge on any atom is 0.133 e. The summed E-state index contributed by atoms with van der Waals surface area (Å²) >= 11 is 12.1. The van der Waals surface area contributed by atoms with Crippen LogP contribution in [0.4, 0.5) is 5.69 Å². The third-order valence-electron chi connectivity index (χ3n) is 2.64. The highest BCUT2D eigenvalue weighted by molar-refractivity contribution is 6.43. The molecular weight excluding hydrogens is 243 g/mol. The Morgan fingerprint density at radius 2 is 2.06 bits per heavy atom. The third-order valence-corrected chi connectivity index (χ3v) is 3.43. The molecule has 1 aromatic rings. The number of hydrogen-bond acceptors (Lipinski definition) is 2. The molecule has 80 valence electrons. The van der Waals surface area contributed by atoms with Crippen LogP contribution in [0.15, 0.2) is 41.6 Å². The van der Waals surface area contributed by atoms with Crippen LogP contribution < -0.4 is 0 Å². The first-order chi connectivity index (χ1) is 7.75. The summed E-state index contributed by atoms with van der Waals surface area (Å²) in [5.74, 6) is 0.902. The lowest BCUT2D eigenvalue weighted by Crippen LogP contribution is -2.27. The molecule has 0 N–H and O–H groups in total. The Hall–Kier alpha value is -1.25. The lowest BCUT2D eigenvalue weighted by Gasteiger charge is -2.27. The molecule has 0 radical (unpaired) electrons. The highest BCUT2D eigenvalue weighted by Crippen LogP contribution is 2.38. The Morgan fingerprint density at radius 1 is 1.19 bits per heavy atom. The molecule has 0 unspecified atom stereocenters. The number of benzene rings is 1. The van der Waals surface area contributed by atoms with Crippen molar-refractivity contribution in [2.45, 2.75) is 6.54 Å². The molecule has 1 aromatic carbocycles. The average molecular weight is 251 g/mol. The molecule has 0 aromatic heterocycles. The smallest absolute Gasteiger partial charge is 0.133 e. The summed E-state index contributed by atoms with van der Waals surface area (Å²) in [7, 11) is 0. The van der Waals surface area contributed by atoms with E-state index in [-0.39, 0.29) is 0 Å². The van der Waals surface area contributed by atoms with Crippen LogP contribution in [-0.4, -0.2) is 10.7 Å². The van der Waals surface area contributed by atoms with Gasteiger partial charge in [-0.3, -0.25) is 0 Å². The summed E-state index contributed by atoms with van der Waals surface area (Å²) in [5, 5.41) is 1.09. The van der Waals surface area contributed by atoms with Gasteiger partial charge in [-0.15, -0.1) is 0 Å². The predicted molar refractivity (Wildman–Crippen MR) is 67.4 cm³/mol. The van der Waals surface area contributed by atoms with Crippen molar-refractivity contribution < 1.29 is 0 Å². The van der Waals surface area contributed by atoms with E-state index in [2.05, 4.69) is 9.89 Å². The second-order valence-electron chi connectivity index (χ2n) is 3.67. The second-order valence-corrected chi connectivity index (χ2v) is 4.45. The van der Waals surface area contributed by atoms with Crippen LogP contribution in [0.5, 0.6) is 0 Å². The lowest BCUT2D eigenvalue weighted by atomic mass is 10.1. The molecule has 0 fully saturated rings. The average Bonchev–Trinajstić information content (AvgIpc) is 2.32. The molecule has 2 nitrogen and oxygen atoms in total. The van der Waals surface area contributed by atoms with Crippen molar-refractivity contribution in [1.29, 1.82) is 0 Å². The zero-order valence-electron chi connectivity index (χ0n) is 8.32. The normalized spacial score (nSPS) is 16.9. The fourth-order valence-corrected chi connectivity index (χ4v) is 2.21. The molecule has 0 aliphatic carbocycles. The molecular formula is C12H8Cl2N2. The van der Waals surface area contributed by atoms with Crippen molar-refractivity contribution in [1.82, 2.24) is 4.90 Å². The van der Waals surface area contributed by atoms with Crippen molar-refractivity contribution in [2.24, 2.45) is 4.99 Å². The lowest BCUT2D eigenvalue weighted by molar-refractivity contribution is 0.544. The fraction of sp³-hybridized carbons (Fsp3) is 0.0833. The standard InChI is InChI=1S/C12H8Cl2N2/c13-9-5-4-8-7-16-6-2-1-3-10(16)15-12(8)11(9)14/h1-6H,7H2. The van der Waals surface area contributed by atoms with Gasteiger partial charge in [0.25, 0.3) is 0 Å². The number of hydrogen-bond donors (Lipinski definition) is 0. The Kier molecular flexibility index (Phi) is 2.27. The molecule has 0 saturated heterocycles. The first-order valence-corrected chi connectivity index (χ1v) is 5.68. The van der Waals surface area contributed by atoms with Gasteiger partial charge in [0.15, 0.2) is 0 Å². The molecule has 2 aliphatic rings. The Balaban J connectivity index is 2.18.